The van der Waals surface area contributed by atoms with E-state index < -0.39 is 5.97 Å². The number of aromatic carboxylic acids is 1. The Hall–Kier alpha value is -2.30. The third-order valence-corrected chi connectivity index (χ3v) is 2.54. The van der Waals surface area contributed by atoms with Crippen molar-refractivity contribution < 1.29 is 9.90 Å². The molecule has 0 radical (unpaired) electrons. The molecule has 0 saturated carbocycles. The first-order chi connectivity index (χ1) is 8.09. The van der Waals surface area contributed by atoms with Crippen LogP contribution in [0.2, 0.25) is 0 Å². The molecule has 0 saturated heterocycles. The lowest BCUT2D eigenvalue weighted by Crippen LogP contribution is -2.08. The SMILES string of the molecule is CN(C)c1ccc(-c2[nH]ncc2C(=O)O)cc1. The number of aromatic amines is 1. The van der Waals surface area contributed by atoms with Gasteiger partial charge in [0.2, 0.25) is 0 Å². The fraction of sp³-hybridized carbons (Fsp3) is 0.167. The molecule has 2 N–H and O–H groups in total. The van der Waals surface area contributed by atoms with Gasteiger partial charge in [0.1, 0.15) is 5.56 Å². The molecule has 17 heavy (non-hydrogen) atoms. The zero-order valence-electron chi connectivity index (χ0n) is 9.64. The summed E-state index contributed by atoms with van der Waals surface area (Å²) in [5, 5.41) is 15.5. The molecule has 0 unspecified atom stereocenters. The van der Waals surface area contributed by atoms with E-state index in [2.05, 4.69) is 10.2 Å². The molecule has 0 fully saturated rings. The number of hydrogen-bond donors (Lipinski definition) is 2. The summed E-state index contributed by atoms with van der Waals surface area (Å²) >= 11 is 0. The van der Waals surface area contributed by atoms with Gasteiger partial charge in [-0.15, -0.1) is 0 Å². The van der Waals surface area contributed by atoms with Crippen LogP contribution in [0, 0.1) is 0 Å². The van der Waals surface area contributed by atoms with Crippen LogP contribution >= 0.6 is 0 Å². The highest BCUT2D eigenvalue weighted by atomic mass is 16.4. The average molecular weight is 231 g/mol. The number of carboxylic acid groups (broad SMARTS) is 1. The van der Waals surface area contributed by atoms with Crippen molar-refractivity contribution in [3.63, 3.8) is 0 Å². The van der Waals surface area contributed by atoms with E-state index >= 15 is 0 Å². The number of anilines is 1. The standard InChI is InChI=1S/C12H13N3O2/c1-15(2)9-5-3-8(4-6-9)11-10(12(16)17)7-13-14-11/h3-7H,1-2H3,(H,13,14)(H,16,17). The van der Waals surface area contributed by atoms with Gasteiger partial charge >= 0.3 is 5.97 Å². The Morgan fingerprint density at radius 3 is 2.47 bits per heavy atom. The monoisotopic (exact) mass is 231 g/mol. The number of carbonyl (C=O) groups is 1. The summed E-state index contributed by atoms with van der Waals surface area (Å²) < 4.78 is 0. The zero-order chi connectivity index (χ0) is 12.4. The Labute approximate surface area is 98.7 Å². The van der Waals surface area contributed by atoms with Crippen molar-refractivity contribution in [2.24, 2.45) is 0 Å². The largest absolute Gasteiger partial charge is 0.478 e. The van der Waals surface area contributed by atoms with E-state index in [0.717, 1.165) is 11.3 Å². The first-order valence-corrected chi connectivity index (χ1v) is 5.14. The fourth-order valence-corrected chi connectivity index (χ4v) is 1.59. The highest BCUT2D eigenvalue weighted by Crippen LogP contribution is 2.23. The van der Waals surface area contributed by atoms with Crippen molar-refractivity contribution in [1.82, 2.24) is 10.2 Å². The molecule has 0 bridgehead atoms. The molecule has 0 aliphatic rings. The molecule has 5 nitrogen and oxygen atoms in total. The molecule has 1 aromatic heterocycles. The summed E-state index contributed by atoms with van der Waals surface area (Å²) in [5.74, 6) is -0.981. The molecule has 2 rings (SSSR count). The smallest absolute Gasteiger partial charge is 0.339 e. The number of rotatable bonds is 3. The molecule has 0 atom stereocenters. The van der Waals surface area contributed by atoms with Crippen molar-refractivity contribution in [2.45, 2.75) is 0 Å². The van der Waals surface area contributed by atoms with E-state index in [-0.39, 0.29) is 5.56 Å². The lowest BCUT2D eigenvalue weighted by atomic mass is 10.1. The maximum absolute atomic E-state index is 11.0. The topological polar surface area (TPSA) is 69.2 Å². The van der Waals surface area contributed by atoms with Gasteiger partial charge in [0.05, 0.1) is 11.9 Å². The fourth-order valence-electron chi connectivity index (χ4n) is 1.59. The summed E-state index contributed by atoms with van der Waals surface area (Å²) in [6, 6.07) is 7.61. The Balaban J connectivity index is 2.40. The number of H-pyrrole nitrogens is 1. The molecule has 0 amide bonds. The molecule has 0 aliphatic heterocycles. The summed E-state index contributed by atoms with van der Waals surface area (Å²) in [6.07, 6.45) is 1.32. The summed E-state index contributed by atoms with van der Waals surface area (Å²) in [5.41, 5.74) is 2.58. The van der Waals surface area contributed by atoms with Crippen molar-refractivity contribution >= 4 is 11.7 Å². The van der Waals surface area contributed by atoms with E-state index in [4.69, 9.17) is 5.11 Å². The van der Waals surface area contributed by atoms with Crippen LogP contribution in [0.25, 0.3) is 11.3 Å². The first kappa shape index (κ1) is 11.2. The van der Waals surface area contributed by atoms with Gasteiger partial charge in [-0.05, 0) is 12.1 Å². The van der Waals surface area contributed by atoms with Crippen molar-refractivity contribution in [2.75, 3.05) is 19.0 Å². The highest BCUT2D eigenvalue weighted by Gasteiger charge is 2.13. The number of nitrogens with one attached hydrogen (secondary N) is 1. The molecular formula is C12H13N3O2. The van der Waals surface area contributed by atoms with E-state index in [0.29, 0.717) is 5.69 Å². The number of nitrogens with zero attached hydrogens (tertiary/aromatic N) is 2. The lowest BCUT2D eigenvalue weighted by molar-refractivity contribution is 0.0698. The second kappa shape index (κ2) is 4.29. The van der Waals surface area contributed by atoms with Gasteiger partial charge in [-0.1, -0.05) is 12.1 Å². The highest BCUT2D eigenvalue weighted by molar-refractivity contribution is 5.94. The number of hydrogen-bond acceptors (Lipinski definition) is 3. The van der Waals surface area contributed by atoms with E-state index in [1.807, 2.05) is 43.3 Å². The average Bonchev–Trinajstić information content (AvgIpc) is 2.78. The van der Waals surface area contributed by atoms with E-state index in [1.165, 1.54) is 6.20 Å². The Bertz CT molecular complexity index is 529. The van der Waals surface area contributed by atoms with Gasteiger partial charge in [-0.3, -0.25) is 5.10 Å². The second-order valence-corrected chi connectivity index (χ2v) is 3.91. The third-order valence-electron chi connectivity index (χ3n) is 2.54. The van der Waals surface area contributed by atoms with Gasteiger partial charge in [0.15, 0.2) is 0 Å². The molecule has 88 valence electrons. The van der Waals surface area contributed by atoms with Gasteiger partial charge in [-0.25, -0.2) is 4.79 Å². The number of benzene rings is 1. The minimum absolute atomic E-state index is 0.183. The second-order valence-electron chi connectivity index (χ2n) is 3.91. The predicted molar refractivity (Wildman–Crippen MR) is 65.3 cm³/mol. The van der Waals surface area contributed by atoms with Gasteiger partial charge in [-0.2, -0.15) is 5.10 Å². The predicted octanol–water partition coefficient (Wildman–Crippen LogP) is 1.84. The van der Waals surface area contributed by atoms with Crippen molar-refractivity contribution in [1.29, 1.82) is 0 Å². The van der Waals surface area contributed by atoms with E-state index in [9.17, 15) is 4.79 Å². The van der Waals surface area contributed by atoms with Crippen molar-refractivity contribution in [3.8, 4) is 11.3 Å². The Morgan fingerprint density at radius 1 is 1.29 bits per heavy atom. The maximum atomic E-state index is 11.0. The Morgan fingerprint density at radius 2 is 1.94 bits per heavy atom. The molecule has 2 aromatic rings. The summed E-state index contributed by atoms with van der Waals surface area (Å²) in [6.45, 7) is 0. The third kappa shape index (κ3) is 2.13. The summed E-state index contributed by atoms with van der Waals surface area (Å²) in [4.78, 5) is 12.9. The van der Waals surface area contributed by atoms with Crippen LogP contribution in [0.3, 0.4) is 0 Å². The van der Waals surface area contributed by atoms with Crippen LogP contribution in [-0.2, 0) is 0 Å². The van der Waals surface area contributed by atoms with Crippen LogP contribution in [-0.4, -0.2) is 35.4 Å². The van der Waals surface area contributed by atoms with Gasteiger partial charge < -0.3 is 10.0 Å². The van der Waals surface area contributed by atoms with Crippen LogP contribution < -0.4 is 4.90 Å². The summed E-state index contributed by atoms with van der Waals surface area (Å²) in [7, 11) is 3.90. The van der Waals surface area contributed by atoms with Crippen LogP contribution in [0.5, 0.6) is 0 Å². The normalized spacial score (nSPS) is 10.2. The maximum Gasteiger partial charge on any atom is 0.339 e. The number of carboxylic acids is 1. The molecular weight excluding hydrogens is 218 g/mol. The molecule has 0 spiro atoms. The quantitative estimate of drug-likeness (QED) is 0.845. The van der Waals surface area contributed by atoms with Crippen LogP contribution in [0.1, 0.15) is 10.4 Å². The van der Waals surface area contributed by atoms with Crippen LogP contribution in [0.15, 0.2) is 30.5 Å². The zero-order valence-corrected chi connectivity index (χ0v) is 9.64. The van der Waals surface area contributed by atoms with Gasteiger partial charge in [0.25, 0.3) is 0 Å². The van der Waals surface area contributed by atoms with Crippen LogP contribution in [0.4, 0.5) is 5.69 Å². The Kier molecular flexibility index (Phi) is 2.82. The lowest BCUT2D eigenvalue weighted by Gasteiger charge is -2.12. The van der Waals surface area contributed by atoms with Gasteiger partial charge in [0, 0.05) is 25.3 Å². The first-order valence-electron chi connectivity index (χ1n) is 5.14. The van der Waals surface area contributed by atoms with Crippen molar-refractivity contribution in [3.05, 3.63) is 36.0 Å². The number of aromatic nitrogens is 2. The molecule has 1 heterocycles. The molecule has 0 aliphatic carbocycles. The minimum Gasteiger partial charge on any atom is -0.478 e. The van der Waals surface area contributed by atoms with E-state index in [1.54, 1.807) is 0 Å². The molecule has 5 heteroatoms. The molecule has 1 aromatic carbocycles. The minimum atomic E-state index is -0.981.